The Kier molecular flexibility index (Phi) is 3.80. The van der Waals surface area contributed by atoms with E-state index in [-0.39, 0.29) is 4.90 Å². The number of benzene rings is 1. The number of sulfonamides is 1. The molecule has 0 amide bonds. The Balaban J connectivity index is 1.70. The molecular formula is C17H19N5O3S2. The van der Waals surface area contributed by atoms with Crippen molar-refractivity contribution < 1.29 is 12.8 Å². The fourth-order valence-electron chi connectivity index (χ4n) is 3.71. The van der Waals surface area contributed by atoms with Crippen LogP contribution >= 0.6 is 11.3 Å². The normalized spacial score (nSPS) is 22.4. The van der Waals surface area contributed by atoms with E-state index in [1.54, 1.807) is 18.3 Å². The van der Waals surface area contributed by atoms with Gasteiger partial charge in [0.15, 0.2) is 5.58 Å². The van der Waals surface area contributed by atoms with Gasteiger partial charge >= 0.3 is 0 Å². The molecule has 0 saturated carbocycles. The first kappa shape index (κ1) is 17.1. The maximum absolute atomic E-state index is 12.8. The molecule has 3 aliphatic rings. The zero-order valence-electron chi connectivity index (χ0n) is 14.9. The topological polar surface area (TPSA) is 91.6 Å². The van der Waals surface area contributed by atoms with Crippen LogP contribution in [0.25, 0.3) is 21.7 Å². The third kappa shape index (κ3) is 2.66. The Morgan fingerprint density at radius 3 is 2.67 bits per heavy atom. The molecule has 0 radical (unpaired) electrons. The minimum atomic E-state index is -3.65. The number of oxazole rings is 1. The molecule has 3 saturated heterocycles. The van der Waals surface area contributed by atoms with Gasteiger partial charge in [-0.05, 0) is 18.6 Å². The largest absolute Gasteiger partial charge is 0.423 e. The maximum Gasteiger partial charge on any atom is 0.298 e. The molecule has 0 aliphatic carbocycles. The molecule has 0 spiro atoms. The summed E-state index contributed by atoms with van der Waals surface area (Å²) in [6.45, 7) is 1.62. The highest BCUT2D eigenvalue weighted by Crippen LogP contribution is 2.37. The van der Waals surface area contributed by atoms with Crippen LogP contribution in [-0.4, -0.2) is 62.0 Å². The molecule has 3 aliphatic heterocycles. The Bertz CT molecular complexity index is 1090. The lowest BCUT2D eigenvalue weighted by atomic mass is 9.92. The number of fused-ring (bicyclic) bond motifs is 3. The lowest BCUT2D eigenvalue weighted by Gasteiger charge is -2.47. The van der Waals surface area contributed by atoms with Crippen LogP contribution in [0.1, 0.15) is 6.42 Å². The number of hydrogen-bond acceptors (Lipinski definition) is 8. The second kappa shape index (κ2) is 5.99. The van der Waals surface area contributed by atoms with E-state index >= 15 is 0 Å². The molecule has 1 N–H and O–H groups in total. The predicted molar refractivity (Wildman–Crippen MR) is 104 cm³/mol. The average molecular weight is 406 g/mol. The molecule has 5 heterocycles. The standard InChI is InChI=1S/C17H19N5O3S2/c1-21(2)27(23,24)13-4-3-12(16-18-5-6-26-16)15-14(13)20-17(25-15)22-8-10-7-11(9-22)19-10/h3-6,10-11,19H,7-9H2,1-2H3. The Labute approximate surface area is 160 Å². The zero-order valence-corrected chi connectivity index (χ0v) is 16.5. The molecule has 2 aromatic heterocycles. The highest BCUT2D eigenvalue weighted by molar-refractivity contribution is 7.89. The molecule has 2 bridgehead atoms. The van der Waals surface area contributed by atoms with Crippen LogP contribution in [0.15, 0.2) is 33.0 Å². The van der Waals surface area contributed by atoms with E-state index in [1.807, 2.05) is 5.38 Å². The molecule has 8 nitrogen and oxygen atoms in total. The van der Waals surface area contributed by atoms with E-state index in [0.717, 1.165) is 23.7 Å². The van der Waals surface area contributed by atoms with Crippen LogP contribution in [0.2, 0.25) is 0 Å². The first-order chi connectivity index (χ1) is 12.9. The summed E-state index contributed by atoms with van der Waals surface area (Å²) in [5.41, 5.74) is 1.59. The molecule has 27 heavy (non-hydrogen) atoms. The molecule has 2 unspecified atom stereocenters. The minimum absolute atomic E-state index is 0.151. The van der Waals surface area contributed by atoms with Crippen molar-refractivity contribution in [1.29, 1.82) is 0 Å². The first-order valence-corrected chi connectivity index (χ1v) is 11.0. The molecule has 142 valence electrons. The zero-order chi connectivity index (χ0) is 18.8. The highest BCUT2D eigenvalue weighted by atomic mass is 32.2. The summed E-state index contributed by atoms with van der Waals surface area (Å²) in [7, 11) is -0.616. The smallest absolute Gasteiger partial charge is 0.298 e. The fourth-order valence-corrected chi connectivity index (χ4v) is 5.38. The van der Waals surface area contributed by atoms with Crippen molar-refractivity contribution in [3.8, 4) is 10.6 Å². The summed E-state index contributed by atoms with van der Waals surface area (Å²) in [5, 5.41) is 6.13. The van der Waals surface area contributed by atoms with Crippen LogP contribution in [0.5, 0.6) is 0 Å². The quantitative estimate of drug-likeness (QED) is 0.707. The van der Waals surface area contributed by atoms with Gasteiger partial charge in [-0.25, -0.2) is 17.7 Å². The number of anilines is 1. The summed E-state index contributed by atoms with van der Waals surface area (Å²) in [6.07, 6.45) is 2.89. The van der Waals surface area contributed by atoms with Crippen molar-refractivity contribution in [2.24, 2.45) is 0 Å². The Morgan fingerprint density at radius 2 is 2.04 bits per heavy atom. The number of nitrogens with zero attached hydrogens (tertiary/aromatic N) is 4. The number of aromatic nitrogens is 2. The van der Waals surface area contributed by atoms with Crippen LogP contribution in [0.3, 0.4) is 0 Å². The maximum atomic E-state index is 12.8. The summed E-state index contributed by atoms with van der Waals surface area (Å²) >= 11 is 1.48. The van der Waals surface area contributed by atoms with E-state index in [0.29, 0.717) is 29.2 Å². The summed E-state index contributed by atoms with van der Waals surface area (Å²) in [6, 6.07) is 4.71. The summed E-state index contributed by atoms with van der Waals surface area (Å²) < 4.78 is 32.9. The molecule has 10 heteroatoms. The minimum Gasteiger partial charge on any atom is -0.423 e. The van der Waals surface area contributed by atoms with Crippen molar-refractivity contribution >= 4 is 38.5 Å². The number of piperazine rings is 1. The number of rotatable bonds is 4. The lowest BCUT2D eigenvalue weighted by molar-refractivity contribution is 0.220. The van der Waals surface area contributed by atoms with Gasteiger partial charge in [0.1, 0.15) is 15.4 Å². The van der Waals surface area contributed by atoms with Crippen molar-refractivity contribution in [2.45, 2.75) is 23.4 Å². The van der Waals surface area contributed by atoms with Crippen molar-refractivity contribution in [2.75, 3.05) is 32.1 Å². The van der Waals surface area contributed by atoms with Gasteiger partial charge in [-0.1, -0.05) is 0 Å². The van der Waals surface area contributed by atoms with Crippen LogP contribution in [0.4, 0.5) is 6.01 Å². The van der Waals surface area contributed by atoms with Crippen LogP contribution in [-0.2, 0) is 10.0 Å². The molecule has 6 rings (SSSR count). The molecule has 1 aromatic carbocycles. The average Bonchev–Trinajstić information content (AvgIpc) is 3.30. The van der Waals surface area contributed by atoms with Gasteiger partial charge in [-0.2, -0.15) is 4.98 Å². The second-order valence-corrected chi connectivity index (χ2v) is 10.1. The van der Waals surface area contributed by atoms with Gasteiger partial charge in [-0.3, -0.25) is 0 Å². The molecular weight excluding hydrogens is 386 g/mol. The van der Waals surface area contributed by atoms with Gasteiger partial charge in [0, 0.05) is 50.8 Å². The van der Waals surface area contributed by atoms with Crippen molar-refractivity contribution in [3.63, 3.8) is 0 Å². The van der Waals surface area contributed by atoms with Crippen molar-refractivity contribution in [1.82, 2.24) is 19.6 Å². The van der Waals surface area contributed by atoms with Crippen molar-refractivity contribution in [3.05, 3.63) is 23.7 Å². The number of hydrogen-bond donors (Lipinski definition) is 1. The Morgan fingerprint density at radius 1 is 1.30 bits per heavy atom. The lowest BCUT2D eigenvalue weighted by Crippen LogP contribution is -2.67. The van der Waals surface area contributed by atoms with Gasteiger partial charge in [0.2, 0.25) is 10.0 Å². The van der Waals surface area contributed by atoms with E-state index in [2.05, 4.69) is 20.2 Å². The Hall–Kier alpha value is -2.01. The van der Waals surface area contributed by atoms with Crippen LogP contribution < -0.4 is 10.2 Å². The summed E-state index contributed by atoms with van der Waals surface area (Å²) in [5.74, 6) is 0. The number of piperidine rings is 1. The first-order valence-electron chi connectivity index (χ1n) is 8.70. The number of nitrogens with one attached hydrogen (secondary N) is 1. The highest BCUT2D eigenvalue weighted by Gasteiger charge is 2.38. The molecule has 2 atom stereocenters. The van der Waals surface area contributed by atoms with E-state index in [4.69, 9.17) is 4.42 Å². The van der Waals surface area contributed by atoms with Gasteiger partial charge in [-0.15, -0.1) is 11.3 Å². The van der Waals surface area contributed by atoms with Gasteiger partial charge in [0.25, 0.3) is 6.01 Å². The number of thiazole rings is 1. The van der Waals surface area contributed by atoms with E-state index in [9.17, 15) is 8.42 Å². The SMILES string of the molecule is CN(C)S(=O)(=O)c1ccc(-c2nccs2)c2oc(N3CC4CC(C3)N4)nc12. The van der Waals surface area contributed by atoms with E-state index < -0.39 is 10.0 Å². The summed E-state index contributed by atoms with van der Waals surface area (Å²) in [4.78, 5) is 11.2. The second-order valence-electron chi connectivity index (χ2n) is 7.11. The van der Waals surface area contributed by atoms with Gasteiger partial charge < -0.3 is 14.6 Å². The van der Waals surface area contributed by atoms with E-state index in [1.165, 1.54) is 36.2 Å². The monoisotopic (exact) mass is 405 g/mol. The molecule has 3 aromatic rings. The van der Waals surface area contributed by atoms with Gasteiger partial charge in [0.05, 0.1) is 5.56 Å². The predicted octanol–water partition coefficient (Wildman–Crippen LogP) is 1.75. The van der Waals surface area contributed by atoms with Crippen LogP contribution in [0, 0.1) is 0 Å². The molecule has 3 fully saturated rings. The fraction of sp³-hybridized carbons (Fsp3) is 0.412. The third-order valence-electron chi connectivity index (χ3n) is 5.11. The third-order valence-corrected chi connectivity index (χ3v) is 7.76.